The number of nitrogens with zero attached hydrogens (tertiary/aromatic N) is 4. The Morgan fingerprint density at radius 3 is 1.10 bits per heavy atom. The van der Waals surface area contributed by atoms with E-state index < -0.39 is 32.3 Å². The molecule has 4 nitrogen and oxygen atoms in total. The van der Waals surface area contributed by atoms with Gasteiger partial charge in [-0.1, -0.05) is 233 Å². The fraction of sp³-hybridized carbons (Fsp3) is 0.542. The number of aryl methyl sites for hydroxylation is 9. The van der Waals surface area contributed by atoms with E-state index >= 15 is 0 Å². The van der Waals surface area contributed by atoms with Crippen LogP contribution >= 0.6 is 0 Å². The standard InChI is InChI=1S/C25H38NSi.C25H40NSi.C24H36NSi.C22H32NSi/c1-18(2)14-20-13-12-19(3)22(15-20)24-16-23(21-10-8-9-11-21)25(17-26(24)4)27(5,6)7;1-11-19(12-2)22-16-23(26(7)17-24(22)27(8,9)10)21-14-13-20(15-18(21)3)25(4,5)6;1-17(2)20-13-12-18(3)21(14-20)23-15-22(19-10-8-9-11-19)24(16-25(23)4)26(5,6)7;1-16-11-12-17(2)19(13-16)21-14-20(18-9-7-8-10-18)22(15-23(21)3)24(4,5)6/h12-13,15-18,21H,8-11,14H2,1-7H3;13-17,19H,11-12H2,1-10H3;12-17,19H,8-11H2,1-7H3;11-15,18H,7-10H2,1-6H3/q4*+1. The Balaban J connectivity index is 0.000000176. The Bertz CT molecular complexity index is 4240. The van der Waals surface area contributed by atoms with Crippen LogP contribution in [0.1, 0.15) is 249 Å². The Hall–Kier alpha value is -5.65. The van der Waals surface area contributed by atoms with Gasteiger partial charge in [-0.15, -0.1) is 0 Å². The van der Waals surface area contributed by atoms with Crippen molar-refractivity contribution in [3.63, 3.8) is 0 Å². The van der Waals surface area contributed by atoms with E-state index in [2.05, 4.69) is 344 Å². The van der Waals surface area contributed by atoms with E-state index in [1.807, 2.05) is 0 Å². The fourth-order valence-electron chi connectivity index (χ4n) is 17.3. The summed E-state index contributed by atoms with van der Waals surface area (Å²) in [6.45, 7) is 61.7. The highest BCUT2D eigenvalue weighted by Crippen LogP contribution is 2.40. The topological polar surface area (TPSA) is 15.5 Å². The maximum absolute atomic E-state index is 2.56. The summed E-state index contributed by atoms with van der Waals surface area (Å²) in [7, 11) is 3.44. The molecule has 0 saturated heterocycles. The molecule has 0 aliphatic heterocycles. The largest absolute Gasteiger partial charge is 0.212 e. The third-order valence-corrected chi connectivity index (χ3v) is 31.9. The van der Waals surface area contributed by atoms with Crippen LogP contribution in [0.5, 0.6) is 0 Å². The summed E-state index contributed by atoms with van der Waals surface area (Å²) in [6.07, 6.45) is 30.0. The van der Waals surface area contributed by atoms with Crippen molar-refractivity contribution in [1.29, 1.82) is 0 Å². The third kappa shape index (κ3) is 20.8. The van der Waals surface area contributed by atoms with Gasteiger partial charge in [0.1, 0.15) is 28.2 Å². The molecule has 8 aromatic rings. The van der Waals surface area contributed by atoms with Crippen LogP contribution in [0.2, 0.25) is 78.6 Å². The summed E-state index contributed by atoms with van der Waals surface area (Å²) in [5.41, 5.74) is 29.0. The molecule has 104 heavy (non-hydrogen) atoms. The predicted molar refractivity (Wildman–Crippen MR) is 466 cm³/mol. The van der Waals surface area contributed by atoms with Crippen molar-refractivity contribution in [3.8, 4) is 45.0 Å². The van der Waals surface area contributed by atoms with E-state index in [4.69, 9.17) is 0 Å². The minimum Gasteiger partial charge on any atom is -0.201 e. The number of rotatable bonds is 17. The zero-order valence-corrected chi connectivity index (χ0v) is 75.9. The first-order valence-corrected chi connectivity index (χ1v) is 55.1. The normalized spacial score (nSPS) is 15.0. The van der Waals surface area contributed by atoms with E-state index in [-0.39, 0.29) is 5.41 Å². The molecule has 4 aromatic carbocycles. The zero-order chi connectivity index (χ0) is 76.9. The van der Waals surface area contributed by atoms with Gasteiger partial charge in [-0.05, 0) is 219 Å². The van der Waals surface area contributed by atoms with Crippen molar-refractivity contribution >= 4 is 53.0 Å². The van der Waals surface area contributed by atoms with Crippen LogP contribution < -0.4 is 39.0 Å². The lowest BCUT2D eigenvalue weighted by Crippen LogP contribution is -2.47. The van der Waals surface area contributed by atoms with E-state index in [1.165, 1.54) is 179 Å². The van der Waals surface area contributed by atoms with Gasteiger partial charge in [0, 0.05) is 67.3 Å². The molecular weight excluding hydrogens is 1320 g/mol. The molecule has 4 aromatic heterocycles. The van der Waals surface area contributed by atoms with Crippen LogP contribution in [0.4, 0.5) is 0 Å². The van der Waals surface area contributed by atoms with Gasteiger partial charge in [0.25, 0.3) is 0 Å². The SMILES string of the molecule is CCC(CC)c1cc(-c2ccc(C(C)(C)C)cc2C)[n+](C)cc1[Si](C)(C)C.Cc1ccc(C(C)C)cc1-c1cc(C2CCCC2)c([Si](C)(C)C)c[n+]1C.Cc1ccc(C)c(-c2cc(C3CCCC3)c([Si](C)(C)C)c[n+]2C)c1.Cc1ccc(CC(C)C)cc1-c1cc(C2CCCC2)c([Si](C)(C)C)c[n+]1C. The highest BCUT2D eigenvalue weighted by molar-refractivity contribution is 6.90. The Morgan fingerprint density at radius 2 is 0.740 bits per heavy atom. The van der Waals surface area contributed by atoms with Gasteiger partial charge >= 0.3 is 0 Å². The monoisotopic (exact) mass is 1470 g/mol. The number of aromatic nitrogens is 4. The summed E-state index contributed by atoms with van der Waals surface area (Å²) in [4.78, 5) is 0. The highest BCUT2D eigenvalue weighted by atomic mass is 28.3. The molecule has 562 valence electrons. The van der Waals surface area contributed by atoms with Crippen molar-refractivity contribution in [1.82, 2.24) is 0 Å². The van der Waals surface area contributed by atoms with Gasteiger partial charge < -0.3 is 0 Å². The van der Waals surface area contributed by atoms with Gasteiger partial charge in [-0.25, -0.2) is 18.3 Å². The number of pyridine rings is 4. The molecule has 8 heteroatoms. The maximum Gasteiger partial charge on any atom is 0.212 e. The lowest BCUT2D eigenvalue weighted by molar-refractivity contribution is -0.659. The first-order valence-electron chi connectivity index (χ1n) is 41.1. The van der Waals surface area contributed by atoms with Crippen LogP contribution in [-0.2, 0) is 40.0 Å². The molecule has 0 atom stereocenters. The second-order valence-electron chi connectivity index (χ2n) is 38.6. The van der Waals surface area contributed by atoms with Gasteiger partial charge in [0.2, 0.25) is 22.8 Å². The van der Waals surface area contributed by atoms with Crippen LogP contribution in [-0.4, -0.2) is 32.3 Å². The molecule has 0 radical (unpaired) electrons. The molecule has 0 bridgehead atoms. The minimum atomic E-state index is -1.40. The van der Waals surface area contributed by atoms with Crippen LogP contribution in [0.3, 0.4) is 0 Å². The third-order valence-electron chi connectivity index (χ3n) is 23.7. The zero-order valence-electron chi connectivity index (χ0n) is 71.9. The Kier molecular flexibility index (Phi) is 28.0. The molecule has 3 saturated carbocycles. The molecule has 3 aliphatic carbocycles. The molecule has 4 heterocycles. The van der Waals surface area contributed by atoms with E-state index in [1.54, 1.807) is 43.0 Å². The molecule has 0 unspecified atom stereocenters. The van der Waals surface area contributed by atoms with Gasteiger partial charge in [0.05, 0.1) is 32.3 Å². The van der Waals surface area contributed by atoms with E-state index in [9.17, 15) is 0 Å². The summed E-state index contributed by atoms with van der Waals surface area (Å²) >= 11 is 0. The molecule has 11 rings (SSSR count). The van der Waals surface area contributed by atoms with E-state index in [0.717, 1.165) is 24.2 Å². The predicted octanol–water partition coefficient (Wildman–Crippen LogP) is 22.9. The summed E-state index contributed by atoms with van der Waals surface area (Å²) in [6, 6.07) is 38.1. The lowest BCUT2D eigenvalue weighted by atomic mass is 9.84. The van der Waals surface area contributed by atoms with Crippen LogP contribution in [0.15, 0.2) is 122 Å². The Labute approximate surface area is 641 Å². The van der Waals surface area contributed by atoms with Crippen molar-refractivity contribution in [2.45, 2.75) is 307 Å². The minimum absolute atomic E-state index is 0.188. The first-order chi connectivity index (χ1) is 48.5. The summed E-state index contributed by atoms with van der Waals surface area (Å²) < 4.78 is 9.51. The van der Waals surface area contributed by atoms with Crippen LogP contribution in [0, 0.1) is 40.5 Å². The molecule has 0 N–H and O–H groups in total. The van der Waals surface area contributed by atoms with Crippen molar-refractivity contribution in [2.75, 3.05) is 0 Å². The van der Waals surface area contributed by atoms with E-state index in [0.29, 0.717) is 17.8 Å². The highest BCUT2D eigenvalue weighted by Gasteiger charge is 2.36. The summed E-state index contributed by atoms with van der Waals surface area (Å²) in [5, 5.41) is 6.60. The smallest absolute Gasteiger partial charge is 0.201 e. The molecular formula is C96H146N4Si4+4. The van der Waals surface area contributed by atoms with Crippen LogP contribution in [0.25, 0.3) is 45.0 Å². The van der Waals surface area contributed by atoms with Gasteiger partial charge in [-0.2, -0.15) is 0 Å². The van der Waals surface area contributed by atoms with Crippen molar-refractivity contribution in [3.05, 3.63) is 189 Å². The quantitative estimate of drug-likeness (QED) is 0.0638. The number of hydrogen-bond acceptors (Lipinski definition) is 0. The molecule has 3 aliphatic rings. The average Bonchev–Trinajstić information content (AvgIpc) is 1.10. The fourth-order valence-corrected chi connectivity index (χ4v) is 24.2. The van der Waals surface area contributed by atoms with Gasteiger partial charge in [-0.3, -0.25) is 0 Å². The van der Waals surface area contributed by atoms with Gasteiger partial charge in [0.15, 0.2) is 24.8 Å². The molecule has 0 amide bonds. The maximum atomic E-state index is 2.56. The molecule has 3 fully saturated rings. The second kappa shape index (κ2) is 34.7. The Morgan fingerprint density at radius 1 is 0.385 bits per heavy atom. The first kappa shape index (κ1) is 84.0. The molecule has 0 spiro atoms. The lowest BCUT2D eigenvalue weighted by Gasteiger charge is -2.25. The number of benzene rings is 4. The number of hydrogen-bond donors (Lipinski definition) is 0. The second-order valence-corrected chi connectivity index (χ2v) is 58.7. The summed E-state index contributed by atoms with van der Waals surface area (Å²) in [5.74, 6) is 4.22. The van der Waals surface area contributed by atoms with Crippen molar-refractivity contribution in [2.24, 2.45) is 34.1 Å². The van der Waals surface area contributed by atoms with Crippen molar-refractivity contribution < 1.29 is 18.3 Å². The average molecular weight is 1470 g/mol.